The predicted octanol–water partition coefficient (Wildman–Crippen LogP) is 11.7. The molecule has 0 bridgehead atoms. The summed E-state index contributed by atoms with van der Waals surface area (Å²) in [5.41, 5.74) is 9.42. The third kappa shape index (κ3) is 3.76. The van der Waals surface area contributed by atoms with Gasteiger partial charge in [-0.05, 0) is 94.0 Å². The molecule has 0 atom stereocenters. The van der Waals surface area contributed by atoms with Gasteiger partial charge in [-0.2, -0.15) is 0 Å². The molecular formula is C41H28N2S. The highest BCUT2D eigenvalue weighted by atomic mass is 32.1. The van der Waals surface area contributed by atoms with Crippen LogP contribution >= 0.6 is 11.3 Å². The molecule has 44 heavy (non-hydrogen) atoms. The Morgan fingerprint density at radius 3 is 2.09 bits per heavy atom. The van der Waals surface area contributed by atoms with Crippen LogP contribution in [-0.2, 0) is 0 Å². The maximum Gasteiger partial charge on any atom is 0.147 e. The van der Waals surface area contributed by atoms with Crippen LogP contribution in [0.3, 0.4) is 0 Å². The van der Waals surface area contributed by atoms with E-state index in [-0.39, 0.29) is 0 Å². The minimum atomic E-state index is 0.982. The number of imidazole rings is 1. The Balaban J connectivity index is 1.39. The van der Waals surface area contributed by atoms with E-state index < -0.39 is 0 Å². The first-order chi connectivity index (χ1) is 21.6. The van der Waals surface area contributed by atoms with E-state index in [0.717, 1.165) is 16.9 Å². The molecule has 3 heteroatoms. The molecule has 0 fully saturated rings. The number of rotatable bonds is 3. The molecule has 0 spiro atoms. The van der Waals surface area contributed by atoms with E-state index in [4.69, 9.17) is 4.98 Å². The summed E-state index contributed by atoms with van der Waals surface area (Å²) in [6, 6.07) is 48.4. The molecule has 0 aliphatic carbocycles. The van der Waals surface area contributed by atoms with Gasteiger partial charge in [-0.15, -0.1) is 11.3 Å². The molecule has 0 amide bonds. The van der Waals surface area contributed by atoms with Crippen LogP contribution in [0.15, 0.2) is 133 Å². The second kappa shape index (κ2) is 9.63. The van der Waals surface area contributed by atoms with E-state index in [1.807, 2.05) is 11.3 Å². The first-order valence-electron chi connectivity index (χ1n) is 15.1. The molecule has 208 valence electrons. The van der Waals surface area contributed by atoms with Gasteiger partial charge < -0.3 is 0 Å². The van der Waals surface area contributed by atoms with Crippen molar-refractivity contribution in [1.29, 1.82) is 0 Å². The molecule has 0 aliphatic heterocycles. The van der Waals surface area contributed by atoms with Crippen LogP contribution in [0.25, 0.3) is 81.0 Å². The van der Waals surface area contributed by atoms with Crippen molar-refractivity contribution < 1.29 is 0 Å². The van der Waals surface area contributed by atoms with Gasteiger partial charge in [0, 0.05) is 25.7 Å². The van der Waals surface area contributed by atoms with Gasteiger partial charge >= 0.3 is 0 Å². The first-order valence-corrected chi connectivity index (χ1v) is 15.9. The summed E-state index contributed by atoms with van der Waals surface area (Å²) in [4.78, 5) is 5.47. The minimum Gasteiger partial charge on any atom is -0.292 e. The molecule has 0 radical (unpaired) electrons. The van der Waals surface area contributed by atoms with Crippen molar-refractivity contribution >= 4 is 64.1 Å². The number of hydrogen-bond donors (Lipinski definition) is 0. The highest BCUT2D eigenvalue weighted by molar-refractivity contribution is 7.26. The van der Waals surface area contributed by atoms with E-state index >= 15 is 0 Å². The summed E-state index contributed by atoms with van der Waals surface area (Å²) in [7, 11) is 0. The number of fused-ring (bicyclic) bond motifs is 7. The fourth-order valence-electron chi connectivity index (χ4n) is 7.01. The Morgan fingerprint density at radius 1 is 0.545 bits per heavy atom. The number of aryl methyl sites for hydroxylation is 2. The molecule has 0 saturated heterocycles. The molecule has 7 aromatic carbocycles. The second-order valence-corrected chi connectivity index (χ2v) is 12.8. The predicted molar refractivity (Wildman–Crippen MR) is 189 cm³/mol. The second-order valence-electron chi connectivity index (χ2n) is 11.7. The number of hydrogen-bond acceptors (Lipinski definition) is 2. The van der Waals surface area contributed by atoms with Gasteiger partial charge in [0.25, 0.3) is 0 Å². The molecule has 2 nitrogen and oxygen atoms in total. The van der Waals surface area contributed by atoms with Crippen LogP contribution in [0.2, 0.25) is 0 Å². The van der Waals surface area contributed by atoms with Crippen molar-refractivity contribution in [3.05, 3.63) is 145 Å². The van der Waals surface area contributed by atoms with E-state index in [1.165, 1.54) is 75.2 Å². The van der Waals surface area contributed by atoms with Crippen molar-refractivity contribution in [3.63, 3.8) is 0 Å². The lowest BCUT2D eigenvalue weighted by Gasteiger charge is -2.18. The van der Waals surface area contributed by atoms with Crippen molar-refractivity contribution in [2.75, 3.05) is 0 Å². The number of benzene rings is 7. The minimum absolute atomic E-state index is 0.982. The molecule has 2 aromatic heterocycles. The van der Waals surface area contributed by atoms with Crippen LogP contribution in [0, 0.1) is 13.8 Å². The zero-order valence-corrected chi connectivity index (χ0v) is 25.3. The van der Waals surface area contributed by atoms with Crippen LogP contribution in [0.4, 0.5) is 0 Å². The SMILES string of the molecule is Cc1cc(-c2ccccc2)cc(C)c1-n1c(-c2cccc3c2sc2ccccc23)nc2cc3c(ccc4ccccc43)cc21. The molecular weight excluding hydrogens is 553 g/mol. The Labute approximate surface area is 259 Å². The first kappa shape index (κ1) is 25.3. The summed E-state index contributed by atoms with van der Waals surface area (Å²) >= 11 is 1.86. The lowest BCUT2D eigenvalue weighted by Crippen LogP contribution is -2.03. The fourth-order valence-corrected chi connectivity index (χ4v) is 8.23. The molecule has 0 aliphatic rings. The summed E-state index contributed by atoms with van der Waals surface area (Å²) in [6.45, 7) is 4.47. The van der Waals surface area contributed by atoms with E-state index in [9.17, 15) is 0 Å². The van der Waals surface area contributed by atoms with Crippen molar-refractivity contribution in [3.8, 4) is 28.2 Å². The monoisotopic (exact) mass is 580 g/mol. The van der Waals surface area contributed by atoms with Crippen molar-refractivity contribution in [2.24, 2.45) is 0 Å². The standard InChI is InChI=1S/C41H28N2S/c1-25-21-30(27-11-4-3-5-12-27)22-26(2)39(25)43-37-23-29-20-19-28-13-6-7-14-31(28)35(29)24-36(37)42-41(43)34-17-10-16-33-32-15-8-9-18-38(32)44-40(33)34/h3-24H,1-2H3. The number of nitrogens with zero attached hydrogens (tertiary/aromatic N) is 2. The topological polar surface area (TPSA) is 17.8 Å². The molecule has 9 aromatic rings. The van der Waals surface area contributed by atoms with Crippen LogP contribution in [0.1, 0.15) is 11.1 Å². The van der Waals surface area contributed by atoms with Gasteiger partial charge in [-0.25, -0.2) is 4.98 Å². The van der Waals surface area contributed by atoms with Gasteiger partial charge in [0.1, 0.15) is 5.82 Å². The molecule has 0 N–H and O–H groups in total. The summed E-state index contributed by atoms with van der Waals surface area (Å²) < 4.78 is 4.99. The lowest BCUT2D eigenvalue weighted by molar-refractivity contribution is 1.07. The summed E-state index contributed by atoms with van der Waals surface area (Å²) in [6.07, 6.45) is 0. The smallest absolute Gasteiger partial charge is 0.147 e. The molecule has 9 rings (SSSR count). The maximum absolute atomic E-state index is 5.47. The molecule has 2 heterocycles. The van der Waals surface area contributed by atoms with E-state index in [2.05, 4.69) is 152 Å². The maximum atomic E-state index is 5.47. The average Bonchev–Trinajstić information content (AvgIpc) is 3.62. The van der Waals surface area contributed by atoms with Crippen LogP contribution in [0.5, 0.6) is 0 Å². The van der Waals surface area contributed by atoms with E-state index in [0.29, 0.717) is 0 Å². The Morgan fingerprint density at radius 2 is 1.25 bits per heavy atom. The van der Waals surface area contributed by atoms with Crippen LogP contribution < -0.4 is 0 Å². The largest absolute Gasteiger partial charge is 0.292 e. The normalized spacial score (nSPS) is 11.9. The molecule has 0 saturated carbocycles. The number of aromatic nitrogens is 2. The molecule has 0 unspecified atom stereocenters. The summed E-state index contributed by atoms with van der Waals surface area (Å²) in [5.74, 6) is 0.982. The van der Waals surface area contributed by atoms with Gasteiger partial charge in [0.15, 0.2) is 0 Å². The summed E-state index contributed by atoms with van der Waals surface area (Å²) in [5, 5.41) is 7.55. The Bertz CT molecular complexity index is 2550. The lowest BCUT2D eigenvalue weighted by atomic mass is 9.98. The van der Waals surface area contributed by atoms with Gasteiger partial charge in [-0.1, -0.05) is 97.1 Å². The van der Waals surface area contributed by atoms with Gasteiger partial charge in [0.05, 0.1) is 16.7 Å². The quantitative estimate of drug-likeness (QED) is 0.190. The third-order valence-electron chi connectivity index (χ3n) is 8.99. The van der Waals surface area contributed by atoms with E-state index in [1.54, 1.807) is 0 Å². The van der Waals surface area contributed by atoms with Crippen molar-refractivity contribution in [1.82, 2.24) is 9.55 Å². The number of thiophene rings is 1. The zero-order valence-electron chi connectivity index (χ0n) is 24.5. The fraction of sp³-hybridized carbons (Fsp3) is 0.0488. The highest BCUT2D eigenvalue weighted by Gasteiger charge is 2.22. The van der Waals surface area contributed by atoms with Gasteiger partial charge in [0.2, 0.25) is 0 Å². The van der Waals surface area contributed by atoms with Crippen LogP contribution in [-0.4, -0.2) is 9.55 Å². The Kier molecular flexibility index (Phi) is 5.53. The average molecular weight is 581 g/mol. The highest BCUT2D eigenvalue weighted by Crippen LogP contribution is 2.43. The third-order valence-corrected chi connectivity index (χ3v) is 10.2. The zero-order chi connectivity index (χ0) is 29.4. The van der Waals surface area contributed by atoms with Crippen molar-refractivity contribution in [2.45, 2.75) is 13.8 Å². The Hall–Kier alpha value is -5.25. The van der Waals surface area contributed by atoms with Gasteiger partial charge in [-0.3, -0.25) is 4.57 Å².